The lowest BCUT2D eigenvalue weighted by Crippen LogP contribution is -2.29. The second-order valence-corrected chi connectivity index (χ2v) is 8.12. The summed E-state index contributed by atoms with van der Waals surface area (Å²) in [6.07, 6.45) is 1.68. The van der Waals surface area contributed by atoms with Crippen LogP contribution in [0.15, 0.2) is 28.3 Å². The minimum absolute atomic E-state index is 0.0524. The number of thioether (sulfide) groups is 1. The number of hydrogen-bond acceptors (Lipinski definition) is 5. The molecule has 0 amide bonds. The molecule has 0 fully saturated rings. The van der Waals surface area contributed by atoms with Crippen LogP contribution in [0.5, 0.6) is 5.75 Å². The summed E-state index contributed by atoms with van der Waals surface area (Å²) < 4.78 is 1.72. The van der Waals surface area contributed by atoms with E-state index < -0.39 is 0 Å². The SMILES string of the molecule is CC1CSc2nc(-c3cnc(C(C)(C)C)c(O)c3)cc(=O)n2C1. The summed E-state index contributed by atoms with van der Waals surface area (Å²) in [6.45, 7) is 8.83. The van der Waals surface area contributed by atoms with Crippen molar-refractivity contribution in [1.82, 2.24) is 14.5 Å². The van der Waals surface area contributed by atoms with Gasteiger partial charge in [0, 0.05) is 35.5 Å². The summed E-state index contributed by atoms with van der Waals surface area (Å²) in [6, 6.07) is 3.16. The smallest absolute Gasteiger partial charge is 0.254 e. The third-order valence-corrected chi connectivity index (χ3v) is 5.14. The van der Waals surface area contributed by atoms with Crippen molar-refractivity contribution in [3.05, 3.63) is 34.4 Å². The highest BCUT2D eigenvalue weighted by atomic mass is 32.2. The molecule has 0 bridgehead atoms. The van der Waals surface area contributed by atoms with E-state index in [-0.39, 0.29) is 16.7 Å². The minimum Gasteiger partial charge on any atom is -0.506 e. The van der Waals surface area contributed by atoms with Gasteiger partial charge >= 0.3 is 0 Å². The van der Waals surface area contributed by atoms with Gasteiger partial charge in [-0.05, 0) is 12.0 Å². The van der Waals surface area contributed by atoms with Crippen LogP contribution in [0.3, 0.4) is 0 Å². The first-order chi connectivity index (χ1) is 10.8. The highest BCUT2D eigenvalue weighted by Crippen LogP contribution is 2.32. The van der Waals surface area contributed by atoms with Crippen LogP contribution in [0.4, 0.5) is 0 Å². The standard InChI is InChI=1S/C17H21N3O2S/c1-10-8-20-14(22)6-12(19-16(20)23-9-10)11-5-13(21)15(18-7-11)17(2,3)4/h5-7,10,21H,8-9H2,1-4H3. The number of fused-ring (bicyclic) bond motifs is 1. The molecule has 3 rings (SSSR count). The zero-order chi connectivity index (χ0) is 16.8. The predicted molar refractivity (Wildman–Crippen MR) is 92.0 cm³/mol. The van der Waals surface area contributed by atoms with E-state index in [2.05, 4.69) is 16.9 Å². The van der Waals surface area contributed by atoms with Crippen molar-refractivity contribution in [3.63, 3.8) is 0 Å². The summed E-state index contributed by atoms with van der Waals surface area (Å²) in [4.78, 5) is 21.3. The maximum absolute atomic E-state index is 12.3. The summed E-state index contributed by atoms with van der Waals surface area (Å²) in [5.41, 5.74) is 1.57. The van der Waals surface area contributed by atoms with Gasteiger partial charge in [0.15, 0.2) is 5.16 Å². The van der Waals surface area contributed by atoms with E-state index in [0.717, 1.165) is 10.9 Å². The van der Waals surface area contributed by atoms with Crippen molar-refractivity contribution in [2.75, 3.05) is 5.75 Å². The van der Waals surface area contributed by atoms with Gasteiger partial charge < -0.3 is 5.11 Å². The van der Waals surface area contributed by atoms with Crippen LogP contribution in [0.1, 0.15) is 33.4 Å². The largest absolute Gasteiger partial charge is 0.506 e. The van der Waals surface area contributed by atoms with Gasteiger partial charge in [-0.1, -0.05) is 39.5 Å². The van der Waals surface area contributed by atoms with Crippen LogP contribution in [0.2, 0.25) is 0 Å². The third kappa shape index (κ3) is 3.13. The van der Waals surface area contributed by atoms with Crippen molar-refractivity contribution in [1.29, 1.82) is 0 Å². The van der Waals surface area contributed by atoms with Gasteiger partial charge in [-0.15, -0.1) is 0 Å². The lowest BCUT2D eigenvalue weighted by Gasteiger charge is -2.22. The molecule has 0 spiro atoms. The van der Waals surface area contributed by atoms with Gasteiger partial charge in [0.2, 0.25) is 0 Å². The highest BCUT2D eigenvalue weighted by molar-refractivity contribution is 7.99. The third-order valence-electron chi connectivity index (χ3n) is 3.84. The van der Waals surface area contributed by atoms with Crippen molar-refractivity contribution in [3.8, 4) is 17.0 Å². The Morgan fingerprint density at radius 1 is 1.35 bits per heavy atom. The number of aromatic nitrogens is 3. The van der Waals surface area contributed by atoms with E-state index in [1.807, 2.05) is 20.8 Å². The van der Waals surface area contributed by atoms with Crippen LogP contribution in [-0.4, -0.2) is 25.4 Å². The molecule has 0 aromatic carbocycles. The highest BCUT2D eigenvalue weighted by Gasteiger charge is 2.22. The molecule has 5 nitrogen and oxygen atoms in total. The molecule has 1 aliphatic heterocycles. The predicted octanol–water partition coefficient (Wildman–Crippen LogP) is 3.05. The quantitative estimate of drug-likeness (QED) is 0.814. The van der Waals surface area contributed by atoms with E-state index in [1.54, 1.807) is 28.6 Å². The second kappa shape index (κ2) is 5.67. The molecule has 0 saturated carbocycles. The molecule has 1 N–H and O–H groups in total. The number of hydrogen-bond donors (Lipinski definition) is 1. The van der Waals surface area contributed by atoms with E-state index in [0.29, 0.717) is 29.4 Å². The maximum atomic E-state index is 12.3. The van der Waals surface area contributed by atoms with Gasteiger partial charge in [0.05, 0.1) is 11.4 Å². The Bertz CT molecular complexity index is 808. The summed E-state index contributed by atoms with van der Waals surface area (Å²) >= 11 is 1.60. The van der Waals surface area contributed by atoms with Gasteiger partial charge in [-0.3, -0.25) is 14.3 Å². The molecule has 0 radical (unpaired) electrons. The Hall–Kier alpha value is -1.82. The van der Waals surface area contributed by atoms with E-state index >= 15 is 0 Å². The Balaban J connectivity index is 2.05. The van der Waals surface area contributed by atoms with Crippen LogP contribution in [-0.2, 0) is 12.0 Å². The summed E-state index contributed by atoms with van der Waals surface area (Å²) in [5, 5.41) is 11.0. The average molecular weight is 331 g/mol. The number of aromatic hydroxyl groups is 1. The van der Waals surface area contributed by atoms with E-state index in [4.69, 9.17) is 0 Å². The first-order valence-electron chi connectivity index (χ1n) is 7.70. The number of pyridine rings is 1. The van der Waals surface area contributed by atoms with Crippen molar-refractivity contribution in [2.24, 2.45) is 5.92 Å². The molecule has 23 heavy (non-hydrogen) atoms. The fraction of sp³-hybridized carbons (Fsp3) is 0.471. The Morgan fingerprint density at radius 3 is 2.74 bits per heavy atom. The maximum Gasteiger partial charge on any atom is 0.254 e. The lowest BCUT2D eigenvalue weighted by molar-refractivity contribution is 0.438. The number of rotatable bonds is 1. The van der Waals surface area contributed by atoms with Crippen LogP contribution in [0.25, 0.3) is 11.3 Å². The first-order valence-corrected chi connectivity index (χ1v) is 8.69. The number of nitrogens with zero attached hydrogens (tertiary/aromatic N) is 3. The van der Waals surface area contributed by atoms with Gasteiger partial charge in [-0.2, -0.15) is 0 Å². The van der Waals surface area contributed by atoms with Crippen molar-refractivity contribution >= 4 is 11.8 Å². The second-order valence-electron chi connectivity index (χ2n) is 7.13. The molecule has 1 unspecified atom stereocenters. The topological polar surface area (TPSA) is 68.0 Å². The zero-order valence-electron chi connectivity index (χ0n) is 13.8. The van der Waals surface area contributed by atoms with Crippen LogP contribution in [0, 0.1) is 5.92 Å². The van der Waals surface area contributed by atoms with E-state index in [9.17, 15) is 9.90 Å². The molecule has 2 aromatic heterocycles. The molecule has 122 valence electrons. The van der Waals surface area contributed by atoms with Gasteiger partial charge in [0.25, 0.3) is 5.56 Å². The molecule has 2 aromatic rings. The molecular weight excluding hydrogens is 310 g/mol. The van der Waals surface area contributed by atoms with Crippen molar-refractivity contribution in [2.45, 2.75) is 44.8 Å². The van der Waals surface area contributed by atoms with Gasteiger partial charge in [0.1, 0.15) is 5.75 Å². The zero-order valence-corrected chi connectivity index (χ0v) is 14.6. The minimum atomic E-state index is -0.239. The Kier molecular flexibility index (Phi) is 3.96. The fourth-order valence-electron chi connectivity index (χ4n) is 2.66. The first kappa shape index (κ1) is 16.1. The van der Waals surface area contributed by atoms with Crippen LogP contribution >= 0.6 is 11.8 Å². The fourth-order valence-corrected chi connectivity index (χ4v) is 3.69. The monoisotopic (exact) mass is 331 g/mol. The van der Waals surface area contributed by atoms with Crippen molar-refractivity contribution < 1.29 is 5.11 Å². The molecule has 1 atom stereocenters. The normalized spacial score (nSPS) is 17.8. The Labute approximate surface area is 139 Å². The summed E-state index contributed by atoms with van der Waals surface area (Å²) in [7, 11) is 0. The van der Waals surface area contributed by atoms with E-state index in [1.165, 1.54) is 6.07 Å². The molecule has 0 saturated heterocycles. The molecular formula is C17H21N3O2S. The molecule has 1 aliphatic rings. The molecule has 3 heterocycles. The average Bonchev–Trinajstić information content (AvgIpc) is 2.46. The van der Waals surface area contributed by atoms with Crippen LogP contribution < -0.4 is 5.56 Å². The Morgan fingerprint density at radius 2 is 2.09 bits per heavy atom. The molecule has 0 aliphatic carbocycles. The summed E-state index contributed by atoms with van der Waals surface area (Å²) in [5.74, 6) is 1.56. The molecule has 6 heteroatoms. The lowest BCUT2D eigenvalue weighted by atomic mass is 9.90. The van der Waals surface area contributed by atoms with Gasteiger partial charge in [-0.25, -0.2) is 4.98 Å².